The molecular weight excluding hydrogens is 312 g/mol. The number of carbonyl (C=O) groups is 2. The summed E-state index contributed by atoms with van der Waals surface area (Å²) < 4.78 is 0.733. The number of rotatable bonds is 4. The van der Waals surface area contributed by atoms with Crippen LogP contribution in [0.3, 0.4) is 0 Å². The van der Waals surface area contributed by atoms with Crippen LogP contribution in [0, 0.1) is 0 Å². The first-order chi connectivity index (χ1) is 9.08. The minimum absolute atomic E-state index is 0.0320. The Balaban J connectivity index is 1.99. The zero-order valence-corrected chi connectivity index (χ0v) is 11.9. The Morgan fingerprint density at radius 3 is 2.95 bits per heavy atom. The Bertz CT molecular complexity index is 505. The van der Waals surface area contributed by atoms with Crippen molar-refractivity contribution >= 4 is 27.8 Å². The summed E-state index contributed by atoms with van der Waals surface area (Å²) in [5.41, 5.74) is 1.18. The number of hydrogen-bond acceptors (Lipinski definition) is 3. The number of halogens is 1. The van der Waals surface area contributed by atoms with Crippen molar-refractivity contribution in [1.82, 2.24) is 10.6 Å². The highest BCUT2D eigenvalue weighted by molar-refractivity contribution is 9.10. The Morgan fingerprint density at radius 1 is 1.53 bits per heavy atom. The number of piperidine rings is 1. The van der Waals surface area contributed by atoms with Crippen LogP contribution in [-0.2, 0) is 11.3 Å². The maximum Gasteiger partial charge on any atom is 0.335 e. The zero-order valence-electron chi connectivity index (χ0n) is 10.3. The second-order valence-corrected chi connectivity index (χ2v) is 5.33. The number of nitrogens with one attached hydrogen (secondary N) is 2. The molecule has 1 heterocycles. The van der Waals surface area contributed by atoms with E-state index in [1.165, 1.54) is 0 Å². The Hall–Kier alpha value is -1.40. The molecule has 19 heavy (non-hydrogen) atoms. The van der Waals surface area contributed by atoms with Gasteiger partial charge in [-0.25, -0.2) is 4.79 Å². The topological polar surface area (TPSA) is 78.4 Å². The van der Waals surface area contributed by atoms with Gasteiger partial charge in [-0.05, 0) is 30.5 Å². The minimum atomic E-state index is -0.952. The number of carboxylic acid groups (broad SMARTS) is 1. The van der Waals surface area contributed by atoms with Crippen LogP contribution in [0.4, 0.5) is 0 Å². The van der Waals surface area contributed by atoms with E-state index in [1.807, 2.05) is 0 Å². The molecule has 6 heteroatoms. The highest BCUT2D eigenvalue weighted by Crippen LogP contribution is 2.19. The smallest absolute Gasteiger partial charge is 0.335 e. The second kappa shape index (κ2) is 6.16. The molecule has 0 spiro atoms. The second-order valence-electron chi connectivity index (χ2n) is 4.48. The van der Waals surface area contributed by atoms with Gasteiger partial charge in [-0.15, -0.1) is 0 Å². The molecule has 1 aliphatic rings. The van der Waals surface area contributed by atoms with Crippen LogP contribution in [0.15, 0.2) is 22.7 Å². The van der Waals surface area contributed by atoms with Crippen molar-refractivity contribution in [3.63, 3.8) is 0 Å². The van der Waals surface area contributed by atoms with E-state index in [4.69, 9.17) is 5.11 Å². The fourth-order valence-corrected chi connectivity index (χ4v) is 2.54. The average Bonchev–Trinajstić information content (AvgIpc) is 2.39. The molecule has 1 aromatic carbocycles. The van der Waals surface area contributed by atoms with Gasteiger partial charge in [-0.1, -0.05) is 22.0 Å². The highest BCUT2D eigenvalue weighted by atomic mass is 79.9. The van der Waals surface area contributed by atoms with Crippen LogP contribution in [-0.4, -0.2) is 29.6 Å². The Morgan fingerprint density at radius 2 is 2.32 bits per heavy atom. The SMILES string of the molecule is O=C(O)c1ccc(CNC2CCCNC2=O)c(Br)c1. The molecule has 1 fully saturated rings. The summed E-state index contributed by atoms with van der Waals surface area (Å²) in [6.45, 7) is 1.27. The quantitative estimate of drug-likeness (QED) is 0.783. The summed E-state index contributed by atoms with van der Waals surface area (Å²) in [7, 11) is 0. The lowest BCUT2D eigenvalue weighted by Gasteiger charge is -2.23. The van der Waals surface area contributed by atoms with Gasteiger partial charge < -0.3 is 15.7 Å². The Labute approximate surface area is 119 Å². The van der Waals surface area contributed by atoms with Gasteiger partial charge in [0.15, 0.2) is 0 Å². The van der Waals surface area contributed by atoms with Gasteiger partial charge >= 0.3 is 5.97 Å². The van der Waals surface area contributed by atoms with Gasteiger partial charge in [0, 0.05) is 17.6 Å². The van der Waals surface area contributed by atoms with Crippen LogP contribution >= 0.6 is 15.9 Å². The van der Waals surface area contributed by atoms with E-state index < -0.39 is 5.97 Å². The largest absolute Gasteiger partial charge is 0.478 e. The standard InChI is InChI=1S/C13H15BrN2O3/c14-10-6-8(13(18)19)3-4-9(10)7-16-11-2-1-5-15-12(11)17/h3-4,6,11,16H,1-2,5,7H2,(H,15,17)(H,18,19). The van der Waals surface area contributed by atoms with Crippen LogP contribution in [0.1, 0.15) is 28.8 Å². The maximum atomic E-state index is 11.6. The predicted octanol–water partition coefficient (Wildman–Crippen LogP) is 1.52. The fraction of sp³-hybridized carbons (Fsp3) is 0.385. The lowest BCUT2D eigenvalue weighted by atomic mass is 10.1. The highest BCUT2D eigenvalue weighted by Gasteiger charge is 2.21. The lowest BCUT2D eigenvalue weighted by Crippen LogP contribution is -2.47. The normalized spacial score (nSPS) is 19.0. The molecule has 1 atom stereocenters. The molecule has 1 amide bonds. The molecule has 1 aliphatic heterocycles. The monoisotopic (exact) mass is 326 g/mol. The molecule has 0 aliphatic carbocycles. The fourth-order valence-electron chi connectivity index (χ4n) is 2.02. The van der Waals surface area contributed by atoms with Crippen LogP contribution < -0.4 is 10.6 Å². The van der Waals surface area contributed by atoms with Gasteiger partial charge in [-0.3, -0.25) is 4.79 Å². The average molecular weight is 327 g/mol. The molecule has 0 radical (unpaired) electrons. The third-order valence-corrected chi connectivity index (χ3v) is 3.86. The van der Waals surface area contributed by atoms with Crippen molar-refractivity contribution in [2.75, 3.05) is 6.54 Å². The molecule has 0 aromatic heterocycles. The van der Waals surface area contributed by atoms with Crippen molar-refractivity contribution in [1.29, 1.82) is 0 Å². The summed E-state index contributed by atoms with van der Waals surface area (Å²) >= 11 is 3.35. The molecular formula is C13H15BrN2O3. The van der Waals surface area contributed by atoms with E-state index >= 15 is 0 Å². The van der Waals surface area contributed by atoms with Gasteiger partial charge in [0.25, 0.3) is 0 Å². The van der Waals surface area contributed by atoms with Crippen molar-refractivity contribution in [2.45, 2.75) is 25.4 Å². The molecule has 1 unspecified atom stereocenters. The summed E-state index contributed by atoms with van der Waals surface area (Å²) in [5, 5.41) is 14.9. The van der Waals surface area contributed by atoms with Crippen LogP contribution in [0.2, 0.25) is 0 Å². The van der Waals surface area contributed by atoms with E-state index in [0.29, 0.717) is 6.54 Å². The van der Waals surface area contributed by atoms with E-state index in [9.17, 15) is 9.59 Å². The predicted molar refractivity (Wildman–Crippen MR) is 74.0 cm³/mol. The van der Waals surface area contributed by atoms with Crippen molar-refractivity contribution < 1.29 is 14.7 Å². The Kier molecular flexibility index (Phi) is 4.55. The number of aromatic carboxylic acids is 1. The number of amides is 1. The maximum absolute atomic E-state index is 11.6. The van der Waals surface area contributed by atoms with Crippen molar-refractivity contribution in [2.24, 2.45) is 0 Å². The lowest BCUT2D eigenvalue weighted by molar-refractivity contribution is -0.124. The van der Waals surface area contributed by atoms with Crippen LogP contribution in [0.25, 0.3) is 0 Å². The third kappa shape index (κ3) is 3.54. The van der Waals surface area contributed by atoms with Crippen LogP contribution in [0.5, 0.6) is 0 Å². The van der Waals surface area contributed by atoms with E-state index in [-0.39, 0.29) is 17.5 Å². The third-order valence-electron chi connectivity index (χ3n) is 3.12. The first kappa shape index (κ1) is 14.0. The summed E-state index contributed by atoms with van der Waals surface area (Å²) in [6.07, 6.45) is 1.80. The van der Waals surface area contributed by atoms with Gasteiger partial charge in [0.2, 0.25) is 5.91 Å². The molecule has 102 valence electrons. The van der Waals surface area contributed by atoms with Crippen molar-refractivity contribution in [3.05, 3.63) is 33.8 Å². The number of carbonyl (C=O) groups excluding carboxylic acids is 1. The summed E-state index contributed by atoms with van der Waals surface area (Å²) in [6, 6.07) is 4.71. The summed E-state index contributed by atoms with van der Waals surface area (Å²) in [5.74, 6) is -0.920. The van der Waals surface area contributed by atoms with E-state index in [2.05, 4.69) is 26.6 Å². The summed E-state index contributed by atoms with van der Waals surface area (Å²) in [4.78, 5) is 22.4. The molecule has 1 aromatic rings. The molecule has 0 saturated carbocycles. The minimum Gasteiger partial charge on any atom is -0.478 e. The van der Waals surface area contributed by atoms with Crippen molar-refractivity contribution in [3.8, 4) is 0 Å². The molecule has 5 nitrogen and oxygen atoms in total. The number of hydrogen-bond donors (Lipinski definition) is 3. The molecule has 0 bridgehead atoms. The van der Waals surface area contributed by atoms with Gasteiger partial charge in [0.05, 0.1) is 11.6 Å². The number of benzene rings is 1. The number of carboxylic acids is 1. The van der Waals surface area contributed by atoms with E-state index in [1.54, 1.807) is 18.2 Å². The molecule has 3 N–H and O–H groups in total. The van der Waals surface area contributed by atoms with Gasteiger partial charge in [-0.2, -0.15) is 0 Å². The zero-order chi connectivity index (χ0) is 13.8. The van der Waals surface area contributed by atoms with E-state index in [0.717, 1.165) is 29.4 Å². The first-order valence-corrected chi connectivity index (χ1v) is 6.90. The molecule has 2 rings (SSSR count). The first-order valence-electron chi connectivity index (χ1n) is 6.11. The van der Waals surface area contributed by atoms with Gasteiger partial charge in [0.1, 0.15) is 0 Å². The molecule has 1 saturated heterocycles.